The lowest BCUT2D eigenvalue weighted by Crippen LogP contribution is -2.58. The molecule has 62 heavy (non-hydrogen) atoms. The van der Waals surface area contributed by atoms with Crippen molar-refractivity contribution in [1.82, 2.24) is 24.7 Å². The summed E-state index contributed by atoms with van der Waals surface area (Å²) in [5.41, 5.74) is 4.90. The quantitative estimate of drug-likeness (QED) is 0.194. The number of nitrogens with zero attached hydrogens (tertiary/aromatic N) is 5. The standard InChI is InChI=1S/C50H57ClF2N6O3/c51-38-5-4-6-41-45(38)47(62)55-48-50(17-2-1-3-18-50)37-9-7-33(25-42(37)59(41)48)32-13-23-57(24-14-32)34-15-21-56(22-16-34)28-31-11-19-49(20-12-31)29-58(30-49)35-26-39(52)44(40(53)27-35)36-8-10-43(60)54-46(36)61/h4-7,9,25-27,31-32,34,36H,1-3,8,10-24,28-30H2,(H,54,60,61). The van der Waals surface area contributed by atoms with Crippen LogP contribution in [0.2, 0.25) is 5.02 Å². The van der Waals surface area contributed by atoms with Crippen molar-refractivity contribution < 1.29 is 18.4 Å². The molecule has 2 aliphatic carbocycles. The number of amides is 2. The molecular formula is C50H57ClF2N6O3. The third kappa shape index (κ3) is 6.91. The monoisotopic (exact) mass is 862 g/mol. The van der Waals surface area contributed by atoms with Gasteiger partial charge in [-0.3, -0.25) is 24.3 Å². The van der Waals surface area contributed by atoms with Crippen molar-refractivity contribution in [3.8, 4) is 5.69 Å². The van der Waals surface area contributed by atoms with Gasteiger partial charge in [-0.25, -0.2) is 8.78 Å². The maximum atomic E-state index is 15.2. The molecule has 0 bridgehead atoms. The minimum Gasteiger partial charge on any atom is -0.370 e. The highest BCUT2D eigenvalue weighted by Crippen LogP contribution is 2.53. The maximum Gasteiger partial charge on any atom is 0.282 e. The van der Waals surface area contributed by atoms with Crippen LogP contribution in [0, 0.1) is 23.0 Å². The molecule has 6 fully saturated rings. The first-order valence-electron chi connectivity index (χ1n) is 23.5. The molecule has 9 nitrogen and oxygen atoms in total. The summed E-state index contributed by atoms with van der Waals surface area (Å²) in [5, 5.41) is 3.20. The fourth-order valence-corrected chi connectivity index (χ4v) is 13.4. The molecule has 326 valence electrons. The van der Waals surface area contributed by atoms with E-state index in [0.29, 0.717) is 34.0 Å². The number of imide groups is 1. The number of rotatable bonds is 6. The Morgan fingerprint density at radius 3 is 2.24 bits per heavy atom. The molecule has 4 saturated heterocycles. The lowest BCUT2D eigenvalue weighted by atomic mass is 9.65. The Bertz CT molecular complexity index is 2470. The van der Waals surface area contributed by atoms with E-state index >= 15 is 8.78 Å². The lowest BCUT2D eigenvalue weighted by Gasteiger charge is -2.55. The summed E-state index contributed by atoms with van der Waals surface area (Å²) in [5.74, 6) is -1.30. The Kier molecular flexibility index (Phi) is 10.3. The average Bonchev–Trinajstić information content (AvgIpc) is 3.51. The van der Waals surface area contributed by atoms with Crippen LogP contribution in [0.15, 0.2) is 53.3 Å². The number of hydrogen-bond acceptors (Lipinski definition) is 7. The van der Waals surface area contributed by atoms with Crippen molar-refractivity contribution in [2.75, 3.05) is 50.7 Å². The second-order valence-corrected chi connectivity index (χ2v) is 20.5. The summed E-state index contributed by atoms with van der Waals surface area (Å²) in [6.07, 6.45) is 15.3. The van der Waals surface area contributed by atoms with Crippen LogP contribution in [0.5, 0.6) is 0 Å². The summed E-state index contributed by atoms with van der Waals surface area (Å²) in [6, 6.07) is 16.4. The molecule has 1 unspecified atom stereocenters. The first-order chi connectivity index (χ1) is 30.1. The fraction of sp³-hybridized carbons (Fsp3) is 0.560. The van der Waals surface area contributed by atoms with Crippen molar-refractivity contribution in [3.05, 3.63) is 98.1 Å². The topological polar surface area (TPSA) is 90.8 Å². The molecule has 7 aliphatic rings. The van der Waals surface area contributed by atoms with Gasteiger partial charge in [0.25, 0.3) is 5.56 Å². The van der Waals surface area contributed by atoms with E-state index in [9.17, 15) is 14.4 Å². The largest absolute Gasteiger partial charge is 0.370 e. The predicted molar refractivity (Wildman–Crippen MR) is 237 cm³/mol. The molecule has 12 heteroatoms. The SMILES string of the molecule is O=C1CCC(c2c(F)cc(N3CC4(CCC(CN5CCC(N6CCC(c7ccc8c(c7)-n7c(nc(=O)c9c(Cl)cccc97)C87CCCCC7)CC6)CC5)CC4)C3)cc2F)C(=O)N1. The Hall–Kier alpha value is -4.19. The van der Waals surface area contributed by atoms with Gasteiger partial charge in [-0.2, -0.15) is 4.98 Å². The zero-order valence-corrected chi connectivity index (χ0v) is 36.3. The zero-order chi connectivity index (χ0) is 42.3. The highest BCUT2D eigenvalue weighted by molar-refractivity contribution is 6.35. The minimum atomic E-state index is -0.975. The molecule has 6 heterocycles. The number of aromatic nitrogens is 2. The number of anilines is 1. The molecule has 1 aromatic heterocycles. The molecule has 4 aromatic rings. The average molecular weight is 863 g/mol. The number of benzene rings is 3. The van der Waals surface area contributed by atoms with Crippen LogP contribution in [0.3, 0.4) is 0 Å². The van der Waals surface area contributed by atoms with Crippen molar-refractivity contribution in [1.29, 1.82) is 0 Å². The molecule has 2 saturated carbocycles. The van der Waals surface area contributed by atoms with Crippen LogP contribution in [0.4, 0.5) is 14.5 Å². The Morgan fingerprint density at radius 2 is 1.53 bits per heavy atom. The smallest absolute Gasteiger partial charge is 0.282 e. The van der Waals surface area contributed by atoms with Gasteiger partial charge in [0.05, 0.1) is 32.9 Å². The molecule has 3 aromatic carbocycles. The van der Waals surface area contributed by atoms with Crippen LogP contribution >= 0.6 is 11.6 Å². The normalized spacial score (nSPS) is 24.7. The van der Waals surface area contributed by atoms with Crippen LogP contribution in [-0.2, 0) is 15.0 Å². The third-order valence-electron chi connectivity index (χ3n) is 16.6. The number of hydrogen-bond donors (Lipinski definition) is 1. The first-order valence-corrected chi connectivity index (χ1v) is 23.9. The van der Waals surface area contributed by atoms with E-state index in [-0.39, 0.29) is 34.8 Å². The molecule has 5 aliphatic heterocycles. The van der Waals surface area contributed by atoms with Gasteiger partial charge >= 0.3 is 0 Å². The number of carbonyl (C=O) groups excluding carboxylic acids is 2. The molecular weight excluding hydrogens is 806 g/mol. The van der Waals surface area contributed by atoms with E-state index in [0.717, 1.165) is 102 Å². The number of piperidine rings is 3. The van der Waals surface area contributed by atoms with E-state index in [1.54, 1.807) is 6.07 Å². The van der Waals surface area contributed by atoms with Gasteiger partial charge in [0.15, 0.2) is 0 Å². The summed E-state index contributed by atoms with van der Waals surface area (Å²) >= 11 is 6.63. The lowest BCUT2D eigenvalue weighted by molar-refractivity contribution is -0.134. The molecule has 1 N–H and O–H groups in total. The van der Waals surface area contributed by atoms with Gasteiger partial charge in [-0.15, -0.1) is 0 Å². The van der Waals surface area contributed by atoms with E-state index in [1.807, 2.05) is 12.1 Å². The summed E-state index contributed by atoms with van der Waals surface area (Å²) in [6.45, 7) is 7.37. The number of halogens is 3. The Labute approximate surface area is 367 Å². The maximum absolute atomic E-state index is 15.2. The van der Waals surface area contributed by atoms with Crippen LogP contribution in [0.25, 0.3) is 16.6 Å². The number of carbonyl (C=O) groups is 2. The Balaban J connectivity index is 0.668. The molecule has 0 radical (unpaired) electrons. The molecule has 11 rings (SSSR count). The van der Waals surface area contributed by atoms with Crippen molar-refractivity contribution in [2.45, 2.75) is 120 Å². The van der Waals surface area contributed by atoms with Gasteiger partial charge in [-0.05, 0) is 150 Å². The van der Waals surface area contributed by atoms with E-state index in [4.69, 9.17) is 16.6 Å². The summed E-state index contributed by atoms with van der Waals surface area (Å²) in [7, 11) is 0. The second-order valence-electron chi connectivity index (χ2n) is 20.1. The van der Waals surface area contributed by atoms with Gasteiger partial charge in [0.2, 0.25) is 11.8 Å². The van der Waals surface area contributed by atoms with Crippen LogP contribution < -0.4 is 15.8 Å². The van der Waals surface area contributed by atoms with Gasteiger partial charge in [0.1, 0.15) is 17.5 Å². The molecule has 2 spiro atoms. The van der Waals surface area contributed by atoms with Gasteiger partial charge < -0.3 is 14.7 Å². The number of likely N-dealkylation sites (tertiary alicyclic amines) is 2. The van der Waals surface area contributed by atoms with Crippen molar-refractivity contribution in [3.63, 3.8) is 0 Å². The van der Waals surface area contributed by atoms with Gasteiger partial charge in [0, 0.05) is 48.8 Å². The third-order valence-corrected chi connectivity index (χ3v) is 16.9. The summed E-state index contributed by atoms with van der Waals surface area (Å²) in [4.78, 5) is 49.6. The van der Waals surface area contributed by atoms with Crippen molar-refractivity contribution >= 4 is 40.0 Å². The van der Waals surface area contributed by atoms with Crippen molar-refractivity contribution in [2.24, 2.45) is 11.3 Å². The van der Waals surface area contributed by atoms with Gasteiger partial charge in [-0.1, -0.05) is 49.1 Å². The molecule has 2 amide bonds. The van der Waals surface area contributed by atoms with E-state index < -0.39 is 29.4 Å². The second kappa shape index (κ2) is 15.8. The summed E-state index contributed by atoms with van der Waals surface area (Å²) < 4.78 is 32.7. The fourth-order valence-electron chi connectivity index (χ4n) is 13.2. The number of nitrogens with one attached hydrogen (secondary N) is 1. The minimum absolute atomic E-state index is 0.0836. The predicted octanol–water partition coefficient (Wildman–Crippen LogP) is 8.74. The molecule has 1 atom stereocenters. The highest BCUT2D eigenvalue weighted by Gasteiger charge is 2.48. The van der Waals surface area contributed by atoms with E-state index in [1.165, 1.54) is 67.6 Å². The number of fused-ring (bicyclic) bond motifs is 7. The zero-order valence-electron chi connectivity index (χ0n) is 35.6. The van der Waals surface area contributed by atoms with Crippen LogP contribution in [-0.4, -0.2) is 83.0 Å². The Morgan fingerprint density at radius 1 is 0.806 bits per heavy atom. The van der Waals surface area contributed by atoms with Crippen LogP contribution in [0.1, 0.15) is 131 Å². The highest BCUT2D eigenvalue weighted by atomic mass is 35.5. The first kappa shape index (κ1) is 40.6. The van der Waals surface area contributed by atoms with E-state index in [2.05, 4.69) is 42.8 Å².